The van der Waals surface area contributed by atoms with Crippen LogP contribution < -0.4 is 26.0 Å². The van der Waals surface area contributed by atoms with Gasteiger partial charge in [-0.3, -0.25) is 14.4 Å². The Morgan fingerprint density at radius 3 is 1.80 bits per heavy atom. The molecule has 4 amide bonds. The quantitative estimate of drug-likeness (QED) is 0.0203. The number of benzene rings is 3. The van der Waals surface area contributed by atoms with Crippen molar-refractivity contribution in [3.8, 4) is 5.75 Å². The van der Waals surface area contributed by atoms with Crippen LogP contribution in [0.15, 0.2) is 110 Å². The van der Waals surface area contributed by atoms with E-state index in [1.807, 2.05) is 38.1 Å². The summed E-state index contributed by atoms with van der Waals surface area (Å²) in [6, 6.07) is 20.7. The van der Waals surface area contributed by atoms with Crippen LogP contribution in [-0.4, -0.2) is 152 Å². The Morgan fingerprint density at radius 1 is 0.673 bits per heavy atom. The van der Waals surface area contributed by atoms with Crippen LogP contribution in [0.2, 0.25) is 0 Å². The van der Waals surface area contributed by atoms with Gasteiger partial charge < -0.3 is 84.0 Å². The van der Waals surface area contributed by atoms with Crippen molar-refractivity contribution >= 4 is 41.9 Å². The number of aliphatic hydroxyl groups is 3. The molecule has 9 unspecified atom stereocenters. The summed E-state index contributed by atoms with van der Waals surface area (Å²) in [5.74, 6) is -3.72. The number of fused-ring (bicyclic) bond motifs is 5. The number of Topliss-reactive ketones (excluding diaryl/α,β-unsaturated/α-hetero) is 1. The van der Waals surface area contributed by atoms with Crippen molar-refractivity contribution in [3.63, 3.8) is 0 Å². The van der Waals surface area contributed by atoms with Crippen LogP contribution in [0.25, 0.3) is 0 Å². The molecule has 4 aliphatic carbocycles. The Labute approximate surface area is 573 Å². The standard InChI is InChI=1S/C74H98N4O20/c1-10-32-90-69(85)76-38-47-15-13-46(14-16-47)37-75-62(83)35-55-59(81)41-92-67(63(55)97-66(84)50-21-24-52(89-9)25-22-50)98-64-60(82)42-93-68(65(64)94-45(6)79)96-61-36-57-54-26-23-51-34-53(95-71(87)78-40-49-19-17-48(18-20-49)39-77-70(86)91-33-11-2)28-30-72(51,7)56(54)29-31-73(57,8)74(61,88)44(5)58(80)27-12-43(3)4/h10-11,13-25,43-44,53-57,59-61,63-65,67-68,81-82,88H,1-2,12,26-42H2,3-9H3,(H,75,83)(H,76,85)(H,77,86)(H,78,87)/t44-,53+,54-,55?,56?,57+,59?,60?,61+,63?,64?,65?,67?,68?,72+,73+,74-/m1/s1. The summed E-state index contributed by atoms with van der Waals surface area (Å²) in [5.41, 5.74) is 1.58. The summed E-state index contributed by atoms with van der Waals surface area (Å²) in [4.78, 5) is 93.2. The highest BCUT2D eigenvalue weighted by Gasteiger charge is 2.71. The first-order chi connectivity index (χ1) is 46.9. The summed E-state index contributed by atoms with van der Waals surface area (Å²) >= 11 is 0. The van der Waals surface area contributed by atoms with E-state index in [-0.39, 0.29) is 92.4 Å². The lowest BCUT2D eigenvalue weighted by Gasteiger charge is -2.59. The topological polar surface area (TPSA) is 321 Å². The third kappa shape index (κ3) is 17.6. The van der Waals surface area contributed by atoms with Crippen LogP contribution in [-0.2, 0) is 83.2 Å². The Balaban J connectivity index is 0.916. The van der Waals surface area contributed by atoms with E-state index in [0.717, 1.165) is 29.5 Å². The molecule has 9 rings (SSSR count). The van der Waals surface area contributed by atoms with Crippen molar-refractivity contribution in [2.24, 2.45) is 46.3 Å². The van der Waals surface area contributed by atoms with Crippen molar-refractivity contribution in [2.75, 3.05) is 33.5 Å². The minimum absolute atomic E-state index is 0.0393. The molecule has 98 heavy (non-hydrogen) atoms. The summed E-state index contributed by atoms with van der Waals surface area (Å²) in [6.07, 6.45) is -3.92. The molecule has 24 heteroatoms. The molecular weight excluding hydrogens is 1260 g/mol. The molecule has 0 aromatic heterocycles. The summed E-state index contributed by atoms with van der Waals surface area (Å²) < 4.78 is 59.7. The van der Waals surface area contributed by atoms with Gasteiger partial charge in [-0.15, -0.1) is 0 Å². The maximum absolute atomic E-state index is 14.6. The van der Waals surface area contributed by atoms with E-state index in [1.165, 1.54) is 43.9 Å². The number of ether oxygens (including phenoxy) is 10. The number of carbonyl (C=O) groups excluding carboxylic acids is 7. The van der Waals surface area contributed by atoms with Crippen LogP contribution in [0.5, 0.6) is 5.75 Å². The van der Waals surface area contributed by atoms with Crippen LogP contribution in [0.4, 0.5) is 14.4 Å². The number of carbonyl (C=O) groups is 7. The number of aliphatic hydroxyl groups excluding tert-OH is 2. The zero-order valence-corrected chi connectivity index (χ0v) is 57.2. The average molecular weight is 1360 g/mol. The molecule has 2 aliphatic heterocycles. The average Bonchev–Trinajstić information content (AvgIpc) is 1.48. The smallest absolute Gasteiger partial charge is 0.407 e. The highest BCUT2D eigenvalue weighted by atomic mass is 16.7. The molecule has 5 fully saturated rings. The van der Waals surface area contributed by atoms with Gasteiger partial charge in [0.25, 0.3) is 0 Å². The third-order valence-corrected chi connectivity index (χ3v) is 21.1. The van der Waals surface area contributed by atoms with Gasteiger partial charge in [0.2, 0.25) is 5.91 Å². The summed E-state index contributed by atoms with van der Waals surface area (Å²) in [6.45, 7) is 18.6. The zero-order chi connectivity index (χ0) is 70.5. The van der Waals surface area contributed by atoms with Crippen LogP contribution in [0.3, 0.4) is 0 Å². The van der Waals surface area contributed by atoms with Crippen molar-refractivity contribution in [1.82, 2.24) is 21.3 Å². The Hall–Kier alpha value is -7.71. The van der Waals surface area contributed by atoms with E-state index < -0.39 is 128 Å². The van der Waals surface area contributed by atoms with Crippen LogP contribution >= 0.6 is 0 Å². The van der Waals surface area contributed by atoms with Gasteiger partial charge in [0, 0.05) is 69.6 Å². The summed E-state index contributed by atoms with van der Waals surface area (Å²) in [7, 11) is 1.47. The molecule has 2 heterocycles. The molecular formula is C74H98N4O20. The molecule has 17 atom stereocenters. The molecule has 534 valence electrons. The van der Waals surface area contributed by atoms with Crippen molar-refractivity contribution in [3.05, 3.63) is 138 Å². The number of nitrogens with one attached hydrogen (secondary N) is 4. The maximum atomic E-state index is 14.6. The highest BCUT2D eigenvalue weighted by Crippen LogP contribution is 2.69. The molecule has 2 saturated heterocycles. The van der Waals surface area contributed by atoms with Gasteiger partial charge in [-0.05, 0) is 121 Å². The zero-order valence-electron chi connectivity index (χ0n) is 57.2. The first-order valence-electron chi connectivity index (χ1n) is 34.1. The molecule has 6 aliphatic rings. The molecule has 0 radical (unpaired) electrons. The molecule has 3 aromatic rings. The van der Waals surface area contributed by atoms with E-state index in [2.05, 4.69) is 54.3 Å². The van der Waals surface area contributed by atoms with Gasteiger partial charge in [0.05, 0.1) is 38.1 Å². The van der Waals surface area contributed by atoms with Crippen LogP contribution in [0, 0.1) is 46.3 Å². The predicted octanol–water partition coefficient (Wildman–Crippen LogP) is 8.74. The number of allylic oxidation sites excluding steroid dienone is 1. The number of methoxy groups -OCH3 is 1. The largest absolute Gasteiger partial charge is 0.497 e. The second-order valence-corrected chi connectivity index (χ2v) is 27.7. The van der Waals surface area contributed by atoms with Gasteiger partial charge in [-0.2, -0.15) is 0 Å². The minimum Gasteiger partial charge on any atom is -0.497 e. The molecule has 7 N–H and O–H groups in total. The van der Waals surface area contributed by atoms with Gasteiger partial charge in [0.15, 0.2) is 24.8 Å². The fourth-order valence-corrected chi connectivity index (χ4v) is 15.6. The normalized spacial score (nSPS) is 30.4. The number of alkyl carbamates (subject to hydrolysis) is 3. The lowest BCUT2D eigenvalue weighted by molar-refractivity contribution is -0.342. The lowest BCUT2D eigenvalue weighted by Crippen LogP contribution is -2.64. The van der Waals surface area contributed by atoms with Gasteiger partial charge >= 0.3 is 30.2 Å². The first-order valence-corrected chi connectivity index (χ1v) is 34.1. The number of esters is 2. The molecule has 24 nitrogen and oxygen atoms in total. The van der Waals surface area contributed by atoms with Gasteiger partial charge in [0.1, 0.15) is 48.7 Å². The third-order valence-electron chi connectivity index (χ3n) is 21.1. The number of hydrogen-bond donors (Lipinski definition) is 7. The molecule has 3 saturated carbocycles. The van der Waals surface area contributed by atoms with Gasteiger partial charge in [-0.25, -0.2) is 19.2 Å². The van der Waals surface area contributed by atoms with Crippen molar-refractivity contribution < 1.29 is 96.2 Å². The Bertz CT molecular complexity index is 3310. The number of amides is 4. The predicted molar refractivity (Wildman–Crippen MR) is 356 cm³/mol. The molecule has 0 bridgehead atoms. The van der Waals surface area contributed by atoms with E-state index >= 15 is 0 Å². The number of rotatable bonds is 28. The first kappa shape index (κ1) is 74.5. The monoisotopic (exact) mass is 1360 g/mol. The SMILES string of the molecule is C=CCOC(=O)NCc1ccc(CNC(=O)CC2C(O)COC(OC3C(O)COC(O[C@H]4C[C@H]5[C@@H]6CC=C7C[C@@H](OC(=O)NCc8ccc(CNC(=O)OCC=C)cc8)CC[C@]7(C)C6CC[C@]5(C)[C@@]4(O)[C@H](C)C(=O)CCC(C)C)C3OC(C)=O)C2OC(=O)c2ccc(OC)cc2)cc1. The summed E-state index contributed by atoms with van der Waals surface area (Å²) in [5, 5.41) is 48.6. The lowest BCUT2D eigenvalue weighted by atomic mass is 9.46. The van der Waals surface area contributed by atoms with Crippen molar-refractivity contribution in [1.29, 1.82) is 0 Å². The van der Waals surface area contributed by atoms with E-state index in [9.17, 15) is 48.9 Å². The Kier molecular flexibility index (Phi) is 25.4. The van der Waals surface area contributed by atoms with Crippen LogP contribution in [0.1, 0.15) is 138 Å². The highest BCUT2D eigenvalue weighted by molar-refractivity contribution is 5.89. The second-order valence-electron chi connectivity index (χ2n) is 27.7. The second kappa shape index (κ2) is 33.4. The van der Waals surface area contributed by atoms with E-state index in [0.29, 0.717) is 49.8 Å². The van der Waals surface area contributed by atoms with Crippen molar-refractivity contribution in [2.45, 2.75) is 193 Å². The number of hydrogen-bond acceptors (Lipinski definition) is 20. The maximum Gasteiger partial charge on any atom is 0.407 e. The number of ketones is 1. The van der Waals surface area contributed by atoms with E-state index in [1.54, 1.807) is 43.3 Å². The molecule has 0 spiro atoms. The fourth-order valence-electron chi connectivity index (χ4n) is 15.6. The minimum atomic E-state index is -1.79. The molecule has 3 aromatic carbocycles. The van der Waals surface area contributed by atoms with E-state index in [4.69, 9.17) is 47.4 Å². The fraction of sp³-hybridized carbons (Fsp3) is 0.581. The Morgan fingerprint density at radius 2 is 1.23 bits per heavy atom. The van der Waals surface area contributed by atoms with Gasteiger partial charge in [-0.1, -0.05) is 120 Å².